The second-order valence-corrected chi connectivity index (χ2v) is 18.5. The van der Waals surface area contributed by atoms with Crippen LogP contribution in [0.4, 0.5) is 0 Å². The zero-order valence-electron chi connectivity index (χ0n) is 39.3. The molecule has 0 amide bonds. The van der Waals surface area contributed by atoms with Crippen LogP contribution in [0.3, 0.4) is 0 Å². The van der Waals surface area contributed by atoms with Crippen LogP contribution in [0.5, 0.6) is 0 Å². The molecule has 0 aliphatic carbocycles. The van der Waals surface area contributed by atoms with E-state index in [1.807, 2.05) is 12.1 Å². The average Bonchev–Trinajstić information content (AvgIpc) is 4.11. The van der Waals surface area contributed by atoms with Crippen molar-refractivity contribution in [2.24, 2.45) is 0 Å². The Bertz CT molecular complexity index is 4450. The molecule has 0 aliphatic rings. The Balaban J connectivity index is 0.988. The molecule has 0 unspecified atom stereocenters. The minimum absolute atomic E-state index is 0.318. The van der Waals surface area contributed by atoms with E-state index in [4.69, 9.17) is 4.98 Å². The molecular formula is C67H40N6. The number of hydrogen-bond donors (Lipinski definition) is 0. The number of pyridine rings is 1. The highest BCUT2D eigenvalue weighted by molar-refractivity contribution is 6.11. The molecule has 10 aromatic carbocycles. The summed E-state index contributed by atoms with van der Waals surface area (Å²) in [5, 5.41) is 27.7. The topological polar surface area (TPSA) is 75.3 Å². The summed E-state index contributed by atoms with van der Waals surface area (Å²) >= 11 is 0. The number of aromatic nitrogens is 4. The van der Waals surface area contributed by atoms with E-state index in [-0.39, 0.29) is 0 Å². The minimum Gasteiger partial charge on any atom is -0.309 e. The van der Waals surface area contributed by atoms with Gasteiger partial charge in [0, 0.05) is 66.1 Å². The maximum absolute atomic E-state index is 10.4. The van der Waals surface area contributed by atoms with Gasteiger partial charge in [-0.15, -0.1) is 0 Å². The van der Waals surface area contributed by atoms with Gasteiger partial charge in [0.1, 0.15) is 12.1 Å². The number of rotatable bonds is 7. The van der Waals surface area contributed by atoms with Crippen LogP contribution in [0.25, 0.3) is 127 Å². The Morgan fingerprint density at radius 1 is 0.301 bits per heavy atom. The maximum Gasteiger partial charge on any atom is 0.101 e. The van der Waals surface area contributed by atoms with Crippen LogP contribution < -0.4 is 0 Å². The van der Waals surface area contributed by atoms with Crippen molar-refractivity contribution in [3.8, 4) is 74.0 Å². The first-order valence-electron chi connectivity index (χ1n) is 24.4. The van der Waals surface area contributed by atoms with E-state index >= 15 is 0 Å². The zero-order chi connectivity index (χ0) is 48.6. The smallest absolute Gasteiger partial charge is 0.101 e. The van der Waals surface area contributed by atoms with E-state index in [2.05, 4.69) is 250 Å². The predicted molar refractivity (Wildman–Crippen MR) is 298 cm³/mol. The molecule has 14 aromatic rings. The molecule has 6 nitrogen and oxygen atoms in total. The van der Waals surface area contributed by atoms with E-state index in [1.54, 1.807) is 6.07 Å². The standard InChI is InChI=1S/C67H40N6/c68-41-47-26-25-46(39-48(47)42-69)58-40-59(43-27-33-49(34-28-43)71-60-19-7-1-13-52(60)53-14-2-8-20-61(53)71)70-67(45-31-37-51(38-32-45)73-64-23-11-5-17-56(64)57-18-6-12-24-65(57)73)66(58)44-29-35-50(36-30-44)72-62-21-9-3-15-54(62)55-16-4-10-22-63(55)72/h1-40H. The van der Waals surface area contributed by atoms with Gasteiger partial charge in [0.2, 0.25) is 0 Å². The molecule has 0 N–H and O–H groups in total. The molecule has 0 spiro atoms. The van der Waals surface area contributed by atoms with Gasteiger partial charge in [-0.2, -0.15) is 10.5 Å². The molecule has 0 bridgehead atoms. The van der Waals surface area contributed by atoms with Crippen LogP contribution in [-0.4, -0.2) is 18.7 Å². The van der Waals surface area contributed by atoms with Crippen LogP contribution >= 0.6 is 0 Å². The molecule has 0 fully saturated rings. The van der Waals surface area contributed by atoms with Crippen LogP contribution in [0.15, 0.2) is 243 Å². The van der Waals surface area contributed by atoms with Crippen LogP contribution in [0, 0.1) is 22.7 Å². The van der Waals surface area contributed by atoms with Gasteiger partial charge in [-0.1, -0.05) is 152 Å². The number of fused-ring (bicyclic) bond motifs is 9. The quantitative estimate of drug-likeness (QED) is 0.160. The summed E-state index contributed by atoms with van der Waals surface area (Å²) in [5.41, 5.74) is 17.7. The molecule has 0 atom stereocenters. The lowest BCUT2D eigenvalue weighted by Gasteiger charge is -2.19. The molecule has 338 valence electrons. The van der Waals surface area contributed by atoms with Crippen LogP contribution in [-0.2, 0) is 0 Å². The monoisotopic (exact) mass is 928 g/mol. The average molecular weight is 929 g/mol. The normalized spacial score (nSPS) is 11.5. The van der Waals surface area contributed by atoms with Crippen molar-refractivity contribution in [2.45, 2.75) is 0 Å². The van der Waals surface area contributed by atoms with Gasteiger partial charge in [-0.3, -0.25) is 0 Å². The van der Waals surface area contributed by atoms with Crippen molar-refractivity contribution in [1.82, 2.24) is 18.7 Å². The van der Waals surface area contributed by atoms with Crippen LogP contribution in [0.1, 0.15) is 11.1 Å². The highest BCUT2D eigenvalue weighted by atomic mass is 15.0. The third-order valence-electron chi connectivity index (χ3n) is 14.6. The predicted octanol–water partition coefficient (Wildman–Crippen LogP) is 16.8. The summed E-state index contributed by atoms with van der Waals surface area (Å²) in [6, 6.07) is 89.7. The number of nitrogens with zero attached hydrogens (tertiary/aromatic N) is 6. The SMILES string of the molecule is N#Cc1ccc(-c2cc(-c3ccc(-n4c5ccccc5c5ccccc54)cc3)nc(-c3ccc(-n4c5ccccc5c5ccccc54)cc3)c2-c2ccc(-n3c4ccccc4c4ccccc43)cc2)cc1C#N. The van der Waals surface area contributed by atoms with E-state index in [1.165, 1.54) is 32.3 Å². The van der Waals surface area contributed by atoms with E-state index in [9.17, 15) is 10.5 Å². The highest BCUT2D eigenvalue weighted by Gasteiger charge is 2.22. The highest BCUT2D eigenvalue weighted by Crippen LogP contribution is 2.44. The number of nitriles is 2. The van der Waals surface area contributed by atoms with Crippen molar-refractivity contribution in [3.63, 3.8) is 0 Å². The molecule has 0 saturated heterocycles. The summed E-state index contributed by atoms with van der Waals surface area (Å²) in [6.45, 7) is 0. The van der Waals surface area contributed by atoms with Crippen molar-refractivity contribution in [1.29, 1.82) is 10.5 Å². The van der Waals surface area contributed by atoms with Gasteiger partial charge in [-0.05, 0) is 108 Å². The summed E-state index contributed by atoms with van der Waals surface area (Å²) in [4.78, 5) is 5.65. The van der Waals surface area contributed by atoms with E-state index in [0.29, 0.717) is 11.1 Å². The summed E-state index contributed by atoms with van der Waals surface area (Å²) < 4.78 is 6.98. The van der Waals surface area contributed by atoms with Crippen molar-refractivity contribution in [2.75, 3.05) is 0 Å². The third kappa shape index (κ3) is 6.60. The first-order chi connectivity index (χ1) is 36.1. The molecule has 73 heavy (non-hydrogen) atoms. The Labute approximate surface area is 420 Å². The zero-order valence-corrected chi connectivity index (χ0v) is 39.3. The third-order valence-corrected chi connectivity index (χ3v) is 14.6. The molecule has 0 radical (unpaired) electrons. The number of para-hydroxylation sites is 6. The maximum atomic E-state index is 10.4. The Morgan fingerprint density at radius 3 is 1.00 bits per heavy atom. The fourth-order valence-corrected chi connectivity index (χ4v) is 11.3. The largest absolute Gasteiger partial charge is 0.309 e. The van der Waals surface area contributed by atoms with Gasteiger partial charge in [0.15, 0.2) is 0 Å². The van der Waals surface area contributed by atoms with Gasteiger partial charge >= 0.3 is 0 Å². The summed E-state index contributed by atoms with van der Waals surface area (Å²) in [6.07, 6.45) is 0. The Kier molecular flexibility index (Phi) is 9.54. The summed E-state index contributed by atoms with van der Waals surface area (Å²) in [5.74, 6) is 0. The summed E-state index contributed by atoms with van der Waals surface area (Å²) in [7, 11) is 0. The Hall–Kier alpha value is -10.3. The van der Waals surface area contributed by atoms with E-state index < -0.39 is 0 Å². The molecule has 4 aromatic heterocycles. The van der Waals surface area contributed by atoms with Gasteiger partial charge in [-0.25, -0.2) is 4.98 Å². The van der Waals surface area contributed by atoms with Gasteiger partial charge < -0.3 is 13.7 Å². The number of hydrogen-bond acceptors (Lipinski definition) is 3. The van der Waals surface area contributed by atoms with E-state index in [0.717, 1.165) is 94.9 Å². The van der Waals surface area contributed by atoms with Gasteiger partial charge in [0.05, 0.1) is 55.6 Å². The molecule has 0 saturated carbocycles. The fourth-order valence-electron chi connectivity index (χ4n) is 11.3. The second kappa shape index (κ2) is 16.7. The lowest BCUT2D eigenvalue weighted by molar-refractivity contribution is 1.18. The Morgan fingerprint density at radius 2 is 0.630 bits per heavy atom. The first kappa shape index (κ1) is 41.7. The molecule has 14 rings (SSSR count). The lowest BCUT2D eigenvalue weighted by Crippen LogP contribution is -2.00. The fraction of sp³-hybridized carbons (Fsp3) is 0. The second-order valence-electron chi connectivity index (χ2n) is 18.5. The molecule has 0 aliphatic heterocycles. The molecular weight excluding hydrogens is 889 g/mol. The van der Waals surface area contributed by atoms with Crippen molar-refractivity contribution < 1.29 is 0 Å². The van der Waals surface area contributed by atoms with Gasteiger partial charge in [0.25, 0.3) is 0 Å². The minimum atomic E-state index is 0.318. The molecule has 6 heteroatoms. The lowest BCUT2D eigenvalue weighted by atomic mass is 9.88. The van der Waals surface area contributed by atoms with Crippen LogP contribution in [0.2, 0.25) is 0 Å². The number of benzene rings is 10. The molecule has 4 heterocycles. The van der Waals surface area contributed by atoms with Crippen molar-refractivity contribution in [3.05, 3.63) is 254 Å². The first-order valence-corrected chi connectivity index (χ1v) is 24.4. The van der Waals surface area contributed by atoms with Crippen molar-refractivity contribution >= 4 is 65.4 Å².